The minimum Gasteiger partial charge on any atom is -0.493 e. The smallest absolute Gasteiger partial charge is 0.196 e. The molecule has 1 aliphatic carbocycles. The molecule has 0 aliphatic heterocycles. The number of carbonyl (C=O) groups excluding carboxylic acids is 1. The van der Waals surface area contributed by atoms with Crippen LogP contribution in [0.3, 0.4) is 0 Å². The van der Waals surface area contributed by atoms with Crippen LogP contribution in [0.25, 0.3) is 22.2 Å². The Bertz CT molecular complexity index is 1040. The molecule has 6 nitrogen and oxygen atoms in total. The van der Waals surface area contributed by atoms with Crippen LogP contribution >= 0.6 is 0 Å². The molecule has 1 heterocycles. The molecule has 0 unspecified atom stereocenters. The fourth-order valence-electron chi connectivity index (χ4n) is 3.45. The van der Waals surface area contributed by atoms with Crippen LogP contribution < -0.4 is 14.2 Å². The molecule has 0 fully saturated rings. The lowest BCUT2D eigenvalue weighted by Gasteiger charge is -2.11. The Labute approximate surface area is 157 Å². The molecule has 1 aromatic heterocycles. The maximum atomic E-state index is 13.1. The molecule has 3 aromatic rings. The van der Waals surface area contributed by atoms with Gasteiger partial charge in [0, 0.05) is 28.6 Å². The number of likely N-dealkylation sites (N-methyl/N-ethyl adjacent to an activating group) is 1. The van der Waals surface area contributed by atoms with Crippen molar-refractivity contribution in [1.29, 1.82) is 0 Å². The van der Waals surface area contributed by atoms with Gasteiger partial charge < -0.3 is 24.1 Å². The van der Waals surface area contributed by atoms with E-state index in [4.69, 9.17) is 14.2 Å². The molecule has 0 radical (unpaired) electrons. The van der Waals surface area contributed by atoms with Crippen molar-refractivity contribution in [3.63, 3.8) is 0 Å². The second-order valence-corrected chi connectivity index (χ2v) is 6.82. The number of hydrogen-bond donors (Lipinski definition) is 1. The normalized spacial score (nSPS) is 12.4. The van der Waals surface area contributed by atoms with Gasteiger partial charge in [-0.1, -0.05) is 0 Å². The Morgan fingerprint density at radius 1 is 1.00 bits per heavy atom. The number of aromatic nitrogens is 1. The monoisotopic (exact) mass is 366 g/mol. The summed E-state index contributed by atoms with van der Waals surface area (Å²) in [5, 5.41) is 0.867. The van der Waals surface area contributed by atoms with Crippen LogP contribution in [0.2, 0.25) is 0 Å². The second kappa shape index (κ2) is 6.63. The number of methoxy groups -OCH3 is 2. The lowest BCUT2D eigenvalue weighted by molar-refractivity contribution is 0.104. The summed E-state index contributed by atoms with van der Waals surface area (Å²) in [5.74, 6) is 1.89. The molecule has 1 N–H and O–H groups in total. The van der Waals surface area contributed by atoms with E-state index in [1.807, 2.05) is 38.4 Å². The maximum absolute atomic E-state index is 13.1. The number of nitrogens with zero attached hydrogens (tertiary/aromatic N) is 1. The van der Waals surface area contributed by atoms with Crippen LogP contribution in [0.15, 0.2) is 30.3 Å². The largest absolute Gasteiger partial charge is 0.493 e. The molecular formula is C21H22N2O4. The van der Waals surface area contributed by atoms with Gasteiger partial charge in [-0.15, -0.1) is 0 Å². The van der Waals surface area contributed by atoms with Crippen molar-refractivity contribution in [3.05, 3.63) is 41.5 Å². The molecule has 1 aliphatic rings. The highest BCUT2D eigenvalue weighted by Crippen LogP contribution is 2.45. The lowest BCUT2D eigenvalue weighted by Crippen LogP contribution is -2.19. The molecule has 27 heavy (non-hydrogen) atoms. The number of ether oxygens (including phenoxy) is 3. The van der Waals surface area contributed by atoms with E-state index in [0.717, 1.165) is 34.5 Å². The maximum Gasteiger partial charge on any atom is 0.196 e. The molecule has 2 aromatic carbocycles. The van der Waals surface area contributed by atoms with Crippen molar-refractivity contribution in [2.75, 3.05) is 41.5 Å². The van der Waals surface area contributed by atoms with E-state index in [2.05, 4.69) is 9.88 Å². The number of hydrogen-bond acceptors (Lipinski definition) is 5. The highest BCUT2D eigenvalue weighted by molar-refractivity contribution is 6.27. The van der Waals surface area contributed by atoms with Crippen LogP contribution in [0.1, 0.15) is 15.9 Å². The van der Waals surface area contributed by atoms with Crippen LogP contribution in [0, 0.1) is 0 Å². The Hall–Kier alpha value is -2.99. The first-order valence-electron chi connectivity index (χ1n) is 8.78. The summed E-state index contributed by atoms with van der Waals surface area (Å²) in [5.41, 5.74) is 3.85. The van der Waals surface area contributed by atoms with E-state index in [9.17, 15) is 4.79 Å². The number of ketones is 1. The van der Waals surface area contributed by atoms with Gasteiger partial charge in [0.15, 0.2) is 17.3 Å². The SMILES string of the molecule is COc1cc2c(cc1OC)-c1[nH]c3ccc(OCCN(C)C)cc3c1C2=O. The number of H-pyrrole nitrogens is 1. The van der Waals surface area contributed by atoms with Gasteiger partial charge in [-0.2, -0.15) is 0 Å². The van der Waals surface area contributed by atoms with Crippen LogP contribution in [-0.4, -0.2) is 57.1 Å². The topological polar surface area (TPSA) is 63.8 Å². The third kappa shape index (κ3) is 2.82. The van der Waals surface area contributed by atoms with Crippen molar-refractivity contribution in [2.24, 2.45) is 0 Å². The molecule has 0 atom stereocenters. The molecular weight excluding hydrogens is 344 g/mol. The molecule has 6 heteroatoms. The Balaban J connectivity index is 1.77. The van der Waals surface area contributed by atoms with E-state index in [1.54, 1.807) is 20.3 Å². The van der Waals surface area contributed by atoms with Gasteiger partial charge in [-0.3, -0.25) is 4.79 Å². The third-order valence-corrected chi connectivity index (χ3v) is 4.84. The number of aromatic amines is 1. The van der Waals surface area contributed by atoms with Gasteiger partial charge in [-0.25, -0.2) is 0 Å². The van der Waals surface area contributed by atoms with Crippen molar-refractivity contribution >= 4 is 16.7 Å². The molecule has 0 bridgehead atoms. The second-order valence-electron chi connectivity index (χ2n) is 6.82. The van der Waals surface area contributed by atoms with Crippen LogP contribution in [0.4, 0.5) is 0 Å². The first kappa shape index (κ1) is 17.4. The van der Waals surface area contributed by atoms with Gasteiger partial charge >= 0.3 is 0 Å². The van der Waals surface area contributed by atoms with Gasteiger partial charge in [0.25, 0.3) is 0 Å². The molecule has 4 rings (SSSR count). The van der Waals surface area contributed by atoms with Gasteiger partial charge in [0.1, 0.15) is 12.4 Å². The van der Waals surface area contributed by atoms with Gasteiger partial charge in [-0.05, 0) is 44.4 Å². The molecule has 0 spiro atoms. The zero-order valence-corrected chi connectivity index (χ0v) is 15.9. The summed E-state index contributed by atoms with van der Waals surface area (Å²) in [6, 6.07) is 9.39. The fourth-order valence-corrected chi connectivity index (χ4v) is 3.45. The minimum atomic E-state index is -0.0161. The Morgan fingerprint density at radius 3 is 2.37 bits per heavy atom. The van der Waals surface area contributed by atoms with Gasteiger partial charge in [0.2, 0.25) is 0 Å². The zero-order chi connectivity index (χ0) is 19.1. The first-order valence-corrected chi connectivity index (χ1v) is 8.78. The number of carbonyl (C=O) groups is 1. The summed E-state index contributed by atoms with van der Waals surface area (Å²) < 4.78 is 16.6. The average molecular weight is 366 g/mol. The molecule has 0 amide bonds. The van der Waals surface area contributed by atoms with Crippen molar-refractivity contribution in [2.45, 2.75) is 0 Å². The standard InChI is InChI=1S/C21H22N2O4/c1-23(2)7-8-27-12-5-6-16-15(9-12)19-20(22-16)13-10-17(25-3)18(26-4)11-14(13)21(19)24/h5-6,9-11,22H,7-8H2,1-4H3. The summed E-state index contributed by atoms with van der Waals surface area (Å²) in [7, 11) is 7.16. The zero-order valence-electron chi connectivity index (χ0n) is 15.9. The highest BCUT2D eigenvalue weighted by atomic mass is 16.5. The van der Waals surface area contributed by atoms with Crippen molar-refractivity contribution in [3.8, 4) is 28.5 Å². The van der Waals surface area contributed by atoms with E-state index in [1.165, 1.54) is 0 Å². The van der Waals surface area contributed by atoms with Crippen molar-refractivity contribution in [1.82, 2.24) is 9.88 Å². The van der Waals surface area contributed by atoms with E-state index >= 15 is 0 Å². The molecule has 0 saturated carbocycles. The predicted octanol–water partition coefficient (Wildman–Crippen LogP) is 3.34. The summed E-state index contributed by atoms with van der Waals surface area (Å²) in [4.78, 5) is 18.5. The quantitative estimate of drug-likeness (QED) is 0.567. The third-order valence-electron chi connectivity index (χ3n) is 4.84. The first-order chi connectivity index (χ1) is 13.0. The lowest BCUT2D eigenvalue weighted by atomic mass is 10.1. The van der Waals surface area contributed by atoms with Crippen LogP contribution in [-0.2, 0) is 0 Å². The summed E-state index contributed by atoms with van der Waals surface area (Å²) >= 11 is 0. The highest BCUT2D eigenvalue weighted by Gasteiger charge is 2.32. The fraction of sp³-hybridized carbons (Fsp3) is 0.286. The predicted molar refractivity (Wildman–Crippen MR) is 104 cm³/mol. The van der Waals surface area contributed by atoms with E-state index in [-0.39, 0.29) is 5.78 Å². The Kier molecular flexibility index (Phi) is 4.28. The minimum absolute atomic E-state index is 0.0161. The summed E-state index contributed by atoms with van der Waals surface area (Å²) in [6.45, 7) is 1.42. The van der Waals surface area contributed by atoms with E-state index in [0.29, 0.717) is 29.2 Å². The number of nitrogens with one attached hydrogen (secondary N) is 1. The van der Waals surface area contributed by atoms with Crippen molar-refractivity contribution < 1.29 is 19.0 Å². The number of rotatable bonds is 6. The van der Waals surface area contributed by atoms with Gasteiger partial charge in [0.05, 0.1) is 25.5 Å². The van der Waals surface area contributed by atoms with Crippen LogP contribution in [0.5, 0.6) is 17.2 Å². The van der Waals surface area contributed by atoms with E-state index < -0.39 is 0 Å². The average Bonchev–Trinajstić information content (AvgIpc) is 3.16. The number of benzene rings is 2. The summed E-state index contributed by atoms with van der Waals surface area (Å²) in [6.07, 6.45) is 0. The number of fused-ring (bicyclic) bond motifs is 5. The molecule has 140 valence electrons. The Morgan fingerprint density at radius 2 is 1.70 bits per heavy atom. The molecule has 0 saturated heterocycles.